The molecule has 0 radical (unpaired) electrons. The van der Waals surface area contributed by atoms with Gasteiger partial charge in [0.2, 0.25) is 0 Å². The van der Waals surface area contributed by atoms with Crippen molar-refractivity contribution in [2.75, 3.05) is 20.3 Å². The Morgan fingerprint density at radius 2 is 2.16 bits per heavy atom. The van der Waals surface area contributed by atoms with Crippen LogP contribution in [-0.2, 0) is 4.74 Å². The molecule has 0 saturated carbocycles. The molecule has 0 fully saturated rings. The largest absolute Gasteiger partial charge is 0.384 e. The number of ether oxygens (including phenoxy) is 1. The third kappa shape index (κ3) is 5.04. The number of nitrogens with one attached hydrogen (secondary N) is 1. The van der Waals surface area contributed by atoms with Gasteiger partial charge in [-0.05, 0) is 18.6 Å². The molecular weight excluding hydrogens is 343 g/mol. The van der Waals surface area contributed by atoms with Gasteiger partial charge in [0.15, 0.2) is 0 Å². The summed E-state index contributed by atoms with van der Waals surface area (Å²) >= 11 is 8.76. The van der Waals surface area contributed by atoms with Gasteiger partial charge < -0.3 is 10.1 Å². The van der Waals surface area contributed by atoms with Crippen LogP contribution in [0.4, 0.5) is 8.78 Å². The van der Waals surface area contributed by atoms with E-state index in [1.807, 2.05) is 0 Å². The Kier molecular flexibility index (Phi) is 6.68. The summed E-state index contributed by atoms with van der Waals surface area (Å²) in [6, 6.07) is 1.57. The van der Waals surface area contributed by atoms with Crippen molar-refractivity contribution >= 4 is 33.4 Å². The Bertz CT molecular complexity index is 460. The maximum Gasteiger partial charge on any atom is 0.254 e. The zero-order valence-electron chi connectivity index (χ0n) is 10.2. The minimum absolute atomic E-state index is 0.0876. The van der Waals surface area contributed by atoms with E-state index in [4.69, 9.17) is 16.3 Å². The minimum atomic E-state index is -0.851. The van der Waals surface area contributed by atoms with E-state index in [-0.39, 0.29) is 15.4 Å². The van der Waals surface area contributed by atoms with Gasteiger partial charge in [0.05, 0.1) is 17.2 Å². The summed E-state index contributed by atoms with van der Waals surface area (Å²) < 4.78 is 31.5. The van der Waals surface area contributed by atoms with Crippen molar-refractivity contribution < 1.29 is 18.3 Å². The molecule has 1 N–H and O–H groups in total. The second-order valence-electron chi connectivity index (χ2n) is 3.84. The number of benzene rings is 1. The summed E-state index contributed by atoms with van der Waals surface area (Å²) in [7, 11) is 1.57. The summed E-state index contributed by atoms with van der Waals surface area (Å²) in [4.78, 5) is 11.7. The Hall–Kier alpha value is -0.720. The van der Waals surface area contributed by atoms with Crippen molar-refractivity contribution in [3.05, 3.63) is 34.4 Å². The third-order valence-corrected chi connectivity index (χ3v) is 3.36. The topological polar surface area (TPSA) is 38.3 Å². The van der Waals surface area contributed by atoms with Crippen LogP contribution in [0.1, 0.15) is 16.8 Å². The molecule has 1 aromatic carbocycles. The van der Waals surface area contributed by atoms with Crippen LogP contribution in [0.3, 0.4) is 0 Å². The van der Waals surface area contributed by atoms with E-state index in [2.05, 4.69) is 21.2 Å². The van der Waals surface area contributed by atoms with Crippen molar-refractivity contribution in [1.82, 2.24) is 5.32 Å². The van der Waals surface area contributed by atoms with Crippen LogP contribution < -0.4 is 5.32 Å². The minimum Gasteiger partial charge on any atom is -0.384 e. The zero-order chi connectivity index (χ0) is 14.4. The normalized spacial score (nSPS) is 12.3. The molecule has 0 bridgehead atoms. The Balaban J connectivity index is 2.57. The zero-order valence-corrected chi connectivity index (χ0v) is 12.5. The molecule has 0 saturated heterocycles. The highest BCUT2D eigenvalue weighted by molar-refractivity contribution is 9.09. The lowest BCUT2D eigenvalue weighted by molar-refractivity contribution is 0.0947. The van der Waals surface area contributed by atoms with E-state index in [0.717, 1.165) is 12.1 Å². The molecule has 0 aliphatic rings. The lowest BCUT2D eigenvalue weighted by Crippen LogP contribution is -2.27. The average Bonchev–Trinajstić information content (AvgIpc) is 2.34. The summed E-state index contributed by atoms with van der Waals surface area (Å²) in [5, 5.41) is 2.15. The molecule has 1 unspecified atom stereocenters. The van der Waals surface area contributed by atoms with Gasteiger partial charge in [0.1, 0.15) is 11.6 Å². The summed E-state index contributed by atoms with van der Waals surface area (Å²) in [5.74, 6) is -2.35. The number of hydrogen-bond donors (Lipinski definition) is 1. The fourth-order valence-electron chi connectivity index (χ4n) is 1.40. The fourth-order valence-corrected chi connectivity index (χ4v) is 2.04. The standard InChI is InChI=1S/C12H13BrClF2NO2/c1-19-6-7(13)2-3-17-12(18)8-4-11(16)9(14)5-10(8)15/h4-5,7H,2-3,6H2,1H3,(H,17,18). The Morgan fingerprint density at radius 1 is 1.47 bits per heavy atom. The predicted molar refractivity (Wildman–Crippen MR) is 72.9 cm³/mol. The number of hydrogen-bond acceptors (Lipinski definition) is 2. The van der Waals surface area contributed by atoms with Crippen LogP contribution in [0.15, 0.2) is 12.1 Å². The van der Waals surface area contributed by atoms with E-state index in [1.165, 1.54) is 0 Å². The highest BCUT2D eigenvalue weighted by Crippen LogP contribution is 2.19. The van der Waals surface area contributed by atoms with Crippen molar-refractivity contribution in [1.29, 1.82) is 0 Å². The molecule has 0 spiro atoms. The lowest BCUT2D eigenvalue weighted by atomic mass is 10.2. The average molecular weight is 357 g/mol. The highest BCUT2D eigenvalue weighted by Gasteiger charge is 2.15. The van der Waals surface area contributed by atoms with Crippen molar-refractivity contribution in [2.24, 2.45) is 0 Å². The van der Waals surface area contributed by atoms with Gasteiger partial charge in [-0.25, -0.2) is 8.78 Å². The first-order valence-corrected chi connectivity index (χ1v) is 6.80. The molecule has 1 amide bonds. The molecule has 106 valence electrons. The quantitative estimate of drug-likeness (QED) is 0.628. The number of amides is 1. The number of methoxy groups -OCH3 is 1. The van der Waals surface area contributed by atoms with E-state index < -0.39 is 17.5 Å². The smallest absolute Gasteiger partial charge is 0.254 e. The fraction of sp³-hybridized carbons (Fsp3) is 0.417. The first-order chi connectivity index (χ1) is 8.95. The second-order valence-corrected chi connectivity index (χ2v) is 5.55. The molecular formula is C12H13BrClF2NO2. The van der Waals surface area contributed by atoms with Crippen molar-refractivity contribution in [3.63, 3.8) is 0 Å². The van der Waals surface area contributed by atoms with Gasteiger partial charge in [-0.1, -0.05) is 27.5 Å². The first-order valence-electron chi connectivity index (χ1n) is 5.51. The molecule has 1 rings (SSSR count). The molecule has 19 heavy (non-hydrogen) atoms. The molecule has 1 aromatic rings. The molecule has 0 aliphatic carbocycles. The molecule has 3 nitrogen and oxygen atoms in total. The van der Waals surface area contributed by atoms with Crippen LogP contribution in [0.25, 0.3) is 0 Å². The number of carbonyl (C=O) groups excluding carboxylic acids is 1. The van der Waals surface area contributed by atoms with Crippen LogP contribution >= 0.6 is 27.5 Å². The van der Waals surface area contributed by atoms with E-state index in [1.54, 1.807) is 7.11 Å². The van der Waals surface area contributed by atoms with Crippen LogP contribution in [0, 0.1) is 11.6 Å². The van der Waals surface area contributed by atoms with Crippen molar-refractivity contribution in [3.8, 4) is 0 Å². The Labute approximate surface area is 123 Å². The van der Waals surface area contributed by atoms with E-state index >= 15 is 0 Å². The second kappa shape index (κ2) is 7.77. The number of halogens is 4. The lowest BCUT2D eigenvalue weighted by Gasteiger charge is -2.10. The monoisotopic (exact) mass is 355 g/mol. The van der Waals surface area contributed by atoms with Gasteiger partial charge in [0.25, 0.3) is 5.91 Å². The first kappa shape index (κ1) is 16.3. The predicted octanol–water partition coefficient (Wildman–Crippen LogP) is 3.15. The maximum absolute atomic E-state index is 13.4. The summed E-state index contributed by atoms with van der Waals surface area (Å²) in [5.41, 5.74) is -0.361. The van der Waals surface area contributed by atoms with Gasteiger partial charge in [-0.3, -0.25) is 4.79 Å². The summed E-state index contributed by atoms with van der Waals surface area (Å²) in [6.45, 7) is 0.821. The van der Waals surface area contributed by atoms with Crippen molar-refractivity contribution in [2.45, 2.75) is 11.2 Å². The van der Waals surface area contributed by atoms with Crippen LogP contribution in [-0.4, -0.2) is 31.0 Å². The van der Waals surface area contributed by atoms with E-state index in [9.17, 15) is 13.6 Å². The molecule has 1 atom stereocenters. The maximum atomic E-state index is 13.4. The van der Waals surface area contributed by atoms with Gasteiger partial charge in [-0.2, -0.15) is 0 Å². The molecule has 0 aliphatic heterocycles. The summed E-state index contributed by atoms with van der Waals surface area (Å²) in [6.07, 6.45) is 0.608. The molecule has 7 heteroatoms. The molecule has 0 heterocycles. The molecule has 0 aromatic heterocycles. The number of rotatable bonds is 6. The third-order valence-electron chi connectivity index (χ3n) is 2.35. The van der Waals surface area contributed by atoms with Gasteiger partial charge in [0, 0.05) is 18.5 Å². The number of alkyl halides is 1. The number of carbonyl (C=O) groups is 1. The van der Waals surface area contributed by atoms with E-state index in [0.29, 0.717) is 19.6 Å². The van der Waals surface area contributed by atoms with Gasteiger partial charge in [-0.15, -0.1) is 0 Å². The van der Waals surface area contributed by atoms with Crippen LogP contribution in [0.5, 0.6) is 0 Å². The highest BCUT2D eigenvalue weighted by atomic mass is 79.9. The SMILES string of the molecule is COCC(Br)CCNC(=O)c1cc(F)c(Cl)cc1F. The van der Waals surface area contributed by atoms with Gasteiger partial charge >= 0.3 is 0 Å². The Morgan fingerprint density at radius 3 is 2.79 bits per heavy atom. The van der Waals surface area contributed by atoms with Crippen LogP contribution in [0.2, 0.25) is 5.02 Å².